The van der Waals surface area contributed by atoms with Gasteiger partial charge in [-0.1, -0.05) is 38.1 Å². The van der Waals surface area contributed by atoms with Gasteiger partial charge in [-0.3, -0.25) is 4.79 Å². The molecule has 0 unspecified atom stereocenters. The minimum atomic E-state index is -0.267. The lowest BCUT2D eigenvalue weighted by molar-refractivity contribution is -0.111. The molecule has 0 saturated carbocycles. The summed E-state index contributed by atoms with van der Waals surface area (Å²) in [6.45, 7) is 4.14. The molecule has 1 aromatic carbocycles. The zero-order chi connectivity index (χ0) is 10.6. The van der Waals surface area contributed by atoms with Crippen molar-refractivity contribution in [1.29, 1.82) is 0 Å². The van der Waals surface area contributed by atoms with Gasteiger partial charge in [0.05, 0.1) is 0 Å². The standard InChI is InChI=1S/C12H15ClO/c1-3-10-4-6-11(7-5-10)9(2)8-12(13)14/h4-7,9H,3,8H2,1-2H3/t9-/m0/s1. The maximum atomic E-state index is 10.7. The Hall–Kier alpha value is -0.820. The SMILES string of the molecule is CCc1ccc([C@@H](C)CC(=O)Cl)cc1. The van der Waals surface area contributed by atoms with Gasteiger partial charge in [0, 0.05) is 6.42 Å². The molecule has 0 aliphatic rings. The Bertz CT molecular complexity index is 303. The molecule has 0 amide bonds. The molecule has 0 bridgehead atoms. The van der Waals surface area contributed by atoms with E-state index in [1.54, 1.807) is 0 Å². The van der Waals surface area contributed by atoms with Crippen LogP contribution in [-0.4, -0.2) is 5.24 Å². The molecule has 0 saturated heterocycles. The van der Waals surface area contributed by atoms with Crippen molar-refractivity contribution in [3.05, 3.63) is 35.4 Å². The maximum Gasteiger partial charge on any atom is 0.222 e. The topological polar surface area (TPSA) is 17.1 Å². The molecular weight excluding hydrogens is 196 g/mol. The molecule has 1 atom stereocenters. The van der Waals surface area contributed by atoms with Crippen molar-refractivity contribution in [2.24, 2.45) is 0 Å². The van der Waals surface area contributed by atoms with E-state index in [9.17, 15) is 4.79 Å². The van der Waals surface area contributed by atoms with Gasteiger partial charge in [0.1, 0.15) is 0 Å². The fourth-order valence-corrected chi connectivity index (χ4v) is 1.67. The van der Waals surface area contributed by atoms with Crippen LogP contribution in [0.1, 0.15) is 37.3 Å². The highest BCUT2D eigenvalue weighted by Crippen LogP contribution is 2.20. The van der Waals surface area contributed by atoms with Crippen molar-refractivity contribution in [1.82, 2.24) is 0 Å². The van der Waals surface area contributed by atoms with Crippen molar-refractivity contribution < 1.29 is 4.79 Å². The Morgan fingerprint density at radius 2 is 1.93 bits per heavy atom. The number of carbonyl (C=O) groups is 1. The van der Waals surface area contributed by atoms with Gasteiger partial charge in [0.2, 0.25) is 5.24 Å². The van der Waals surface area contributed by atoms with Crippen LogP contribution in [0.2, 0.25) is 0 Å². The summed E-state index contributed by atoms with van der Waals surface area (Å²) in [4.78, 5) is 10.7. The van der Waals surface area contributed by atoms with Crippen molar-refractivity contribution in [3.63, 3.8) is 0 Å². The first-order valence-electron chi connectivity index (χ1n) is 4.90. The molecule has 0 fully saturated rings. The van der Waals surface area contributed by atoms with Crippen LogP contribution in [-0.2, 0) is 11.2 Å². The van der Waals surface area contributed by atoms with Crippen molar-refractivity contribution >= 4 is 16.8 Å². The Balaban J connectivity index is 2.71. The van der Waals surface area contributed by atoms with E-state index >= 15 is 0 Å². The smallest absolute Gasteiger partial charge is 0.222 e. The van der Waals surface area contributed by atoms with Crippen molar-refractivity contribution in [2.75, 3.05) is 0 Å². The van der Waals surface area contributed by atoms with Crippen molar-refractivity contribution in [3.8, 4) is 0 Å². The van der Waals surface area contributed by atoms with Gasteiger partial charge in [-0.25, -0.2) is 0 Å². The minimum absolute atomic E-state index is 0.214. The average Bonchev–Trinajstić information content (AvgIpc) is 2.17. The Kier molecular flexibility index (Phi) is 4.15. The molecule has 1 nitrogen and oxygen atoms in total. The summed E-state index contributed by atoms with van der Waals surface area (Å²) in [7, 11) is 0. The molecule has 2 heteroatoms. The highest BCUT2D eigenvalue weighted by molar-refractivity contribution is 6.63. The molecule has 0 aromatic heterocycles. The van der Waals surface area contributed by atoms with E-state index in [0.717, 1.165) is 6.42 Å². The second-order valence-electron chi connectivity index (χ2n) is 3.56. The average molecular weight is 211 g/mol. The van der Waals surface area contributed by atoms with Crippen LogP contribution in [0.4, 0.5) is 0 Å². The van der Waals surface area contributed by atoms with Gasteiger partial charge in [-0.2, -0.15) is 0 Å². The number of halogens is 1. The molecule has 0 N–H and O–H groups in total. The van der Waals surface area contributed by atoms with Gasteiger partial charge < -0.3 is 0 Å². The Labute approximate surface area is 90.1 Å². The van der Waals surface area contributed by atoms with E-state index in [1.807, 2.05) is 6.92 Å². The fourth-order valence-electron chi connectivity index (χ4n) is 1.44. The van der Waals surface area contributed by atoms with Crippen LogP contribution in [0, 0.1) is 0 Å². The van der Waals surface area contributed by atoms with Crippen molar-refractivity contribution in [2.45, 2.75) is 32.6 Å². The minimum Gasteiger partial charge on any atom is -0.281 e. The largest absolute Gasteiger partial charge is 0.281 e. The van der Waals surface area contributed by atoms with Gasteiger partial charge in [-0.05, 0) is 35.1 Å². The summed E-state index contributed by atoms with van der Waals surface area (Å²) >= 11 is 5.34. The van der Waals surface area contributed by atoms with E-state index in [0.29, 0.717) is 6.42 Å². The summed E-state index contributed by atoms with van der Waals surface area (Å²) in [5, 5.41) is -0.267. The van der Waals surface area contributed by atoms with Gasteiger partial charge in [0.25, 0.3) is 0 Å². The number of benzene rings is 1. The quantitative estimate of drug-likeness (QED) is 0.696. The summed E-state index contributed by atoms with van der Waals surface area (Å²) < 4.78 is 0. The highest BCUT2D eigenvalue weighted by Gasteiger charge is 2.08. The van der Waals surface area contributed by atoms with Crippen LogP contribution >= 0.6 is 11.6 Å². The number of hydrogen-bond donors (Lipinski definition) is 0. The highest BCUT2D eigenvalue weighted by atomic mass is 35.5. The van der Waals surface area contributed by atoms with Gasteiger partial charge in [0.15, 0.2) is 0 Å². The molecule has 0 radical (unpaired) electrons. The lowest BCUT2D eigenvalue weighted by Gasteiger charge is -2.09. The molecule has 0 heterocycles. The second kappa shape index (κ2) is 5.16. The van der Waals surface area contributed by atoms with Gasteiger partial charge >= 0.3 is 0 Å². The molecule has 1 aromatic rings. The van der Waals surface area contributed by atoms with Crippen LogP contribution in [0.3, 0.4) is 0 Å². The summed E-state index contributed by atoms with van der Waals surface area (Å²) in [6, 6.07) is 8.35. The van der Waals surface area contributed by atoms with Crippen LogP contribution in [0.25, 0.3) is 0 Å². The first-order chi connectivity index (χ1) is 6.63. The lowest BCUT2D eigenvalue weighted by atomic mass is 9.97. The number of aryl methyl sites for hydroxylation is 1. The van der Waals surface area contributed by atoms with Crippen LogP contribution in [0.15, 0.2) is 24.3 Å². The molecular formula is C12H15ClO. The van der Waals surface area contributed by atoms with Crippen LogP contribution in [0.5, 0.6) is 0 Å². The summed E-state index contributed by atoms with van der Waals surface area (Å²) in [5.74, 6) is 0.214. The van der Waals surface area contributed by atoms with E-state index in [-0.39, 0.29) is 11.2 Å². The zero-order valence-corrected chi connectivity index (χ0v) is 9.34. The molecule has 76 valence electrons. The normalized spacial score (nSPS) is 12.5. The first-order valence-corrected chi connectivity index (χ1v) is 5.28. The summed E-state index contributed by atoms with van der Waals surface area (Å²) in [6.07, 6.45) is 1.45. The molecule has 0 spiro atoms. The summed E-state index contributed by atoms with van der Waals surface area (Å²) in [5.41, 5.74) is 2.49. The van der Waals surface area contributed by atoms with Crippen LogP contribution < -0.4 is 0 Å². The Morgan fingerprint density at radius 3 is 2.36 bits per heavy atom. The third kappa shape index (κ3) is 3.15. The third-order valence-electron chi connectivity index (χ3n) is 2.42. The van der Waals surface area contributed by atoms with E-state index in [1.165, 1.54) is 11.1 Å². The zero-order valence-electron chi connectivity index (χ0n) is 8.59. The number of carbonyl (C=O) groups excluding carboxylic acids is 1. The number of rotatable bonds is 4. The molecule has 14 heavy (non-hydrogen) atoms. The number of hydrogen-bond acceptors (Lipinski definition) is 1. The maximum absolute atomic E-state index is 10.7. The molecule has 1 rings (SSSR count). The first kappa shape index (κ1) is 11.3. The van der Waals surface area contributed by atoms with E-state index in [4.69, 9.17) is 11.6 Å². The second-order valence-corrected chi connectivity index (χ2v) is 3.98. The molecule has 0 aliphatic carbocycles. The van der Waals surface area contributed by atoms with E-state index < -0.39 is 0 Å². The van der Waals surface area contributed by atoms with Gasteiger partial charge in [-0.15, -0.1) is 0 Å². The Morgan fingerprint density at radius 1 is 1.36 bits per heavy atom. The fraction of sp³-hybridized carbons (Fsp3) is 0.417. The predicted octanol–water partition coefficient (Wildman–Crippen LogP) is 3.51. The predicted molar refractivity (Wildman–Crippen MR) is 59.7 cm³/mol. The van der Waals surface area contributed by atoms with E-state index in [2.05, 4.69) is 31.2 Å². The lowest BCUT2D eigenvalue weighted by Crippen LogP contribution is -1.98. The third-order valence-corrected chi connectivity index (χ3v) is 2.58. The molecule has 0 aliphatic heterocycles. The monoisotopic (exact) mass is 210 g/mol.